The number of carboxylic acids is 1. The van der Waals surface area contributed by atoms with E-state index in [1.54, 1.807) is 0 Å². The highest BCUT2D eigenvalue weighted by Gasteiger charge is 2.26. The van der Waals surface area contributed by atoms with Gasteiger partial charge in [0.25, 0.3) is 0 Å². The van der Waals surface area contributed by atoms with E-state index in [1.807, 2.05) is 0 Å². The van der Waals surface area contributed by atoms with E-state index in [0.717, 1.165) is 30.8 Å². The number of rotatable bonds is 2. The molecule has 1 aromatic rings. The second-order valence-corrected chi connectivity index (χ2v) is 3.36. The van der Waals surface area contributed by atoms with Crippen LogP contribution in [-0.4, -0.2) is 34.2 Å². The van der Waals surface area contributed by atoms with E-state index < -0.39 is 5.97 Å². The minimum absolute atomic E-state index is 0.0677. The Labute approximate surface area is 81.3 Å². The Balaban J connectivity index is 2.32. The van der Waals surface area contributed by atoms with Gasteiger partial charge in [-0.05, 0) is 6.54 Å². The summed E-state index contributed by atoms with van der Waals surface area (Å²) in [7, 11) is 0. The number of nitrogens with zero attached hydrogens (tertiary/aromatic N) is 2. The lowest BCUT2D eigenvalue weighted by Crippen LogP contribution is -2.30. The summed E-state index contributed by atoms with van der Waals surface area (Å²) in [5.41, 5.74) is 0.809. The molecule has 1 N–H and O–H groups in total. The van der Waals surface area contributed by atoms with Crippen LogP contribution < -0.4 is 0 Å². The molecule has 0 unspecified atom stereocenters. The maximum absolute atomic E-state index is 10.8. The van der Waals surface area contributed by atoms with Crippen LogP contribution >= 0.6 is 0 Å². The van der Waals surface area contributed by atoms with Crippen molar-refractivity contribution < 1.29 is 14.4 Å². The molecule has 0 saturated heterocycles. The van der Waals surface area contributed by atoms with E-state index in [-0.39, 0.29) is 5.69 Å². The Morgan fingerprint density at radius 2 is 2.50 bits per heavy atom. The van der Waals surface area contributed by atoms with Crippen LogP contribution in [-0.2, 0) is 13.0 Å². The zero-order valence-corrected chi connectivity index (χ0v) is 7.99. The van der Waals surface area contributed by atoms with Crippen molar-refractivity contribution in [2.24, 2.45) is 0 Å². The number of carboxylic acid groups (broad SMARTS) is 1. The van der Waals surface area contributed by atoms with Crippen LogP contribution in [0.4, 0.5) is 0 Å². The van der Waals surface area contributed by atoms with Crippen LogP contribution in [0.25, 0.3) is 0 Å². The van der Waals surface area contributed by atoms with Gasteiger partial charge in [0.15, 0.2) is 5.69 Å². The summed E-state index contributed by atoms with van der Waals surface area (Å²) in [6.45, 7) is 4.53. The third-order valence-electron chi connectivity index (χ3n) is 2.56. The van der Waals surface area contributed by atoms with E-state index in [9.17, 15) is 4.79 Å². The molecule has 0 bridgehead atoms. The molecule has 2 heterocycles. The highest BCUT2D eigenvalue weighted by molar-refractivity contribution is 5.87. The molecule has 76 valence electrons. The third kappa shape index (κ3) is 1.39. The van der Waals surface area contributed by atoms with E-state index in [0.29, 0.717) is 6.54 Å². The maximum Gasteiger partial charge on any atom is 0.358 e. The molecule has 1 aliphatic heterocycles. The second-order valence-electron chi connectivity index (χ2n) is 3.36. The average molecular weight is 196 g/mol. The summed E-state index contributed by atoms with van der Waals surface area (Å²) in [4.78, 5) is 13.0. The minimum Gasteiger partial charge on any atom is -0.476 e. The van der Waals surface area contributed by atoms with Gasteiger partial charge in [-0.1, -0.05) is 12.1 Å². The summed E-state index contributed by atoms with van der Waals surface area (Å²) in [5.74, 6) is -0.278. The molecule has 0 amide bonds. The van der Waals surface area contributed by atoms with Gasteiger partial charge >= 0.3 is 5.97 Å². The molecule has 5 heteroatoms. The molecule has 14 heavy (non-hydrogen) atoms. The predicted molar refractivity (Wildman–Crippen MR) is 48.1 cm³/mol. The van der Waals surface area contributed by atoms with Gasteiger partial charge in [0.05, 0.1) is 0 Å². The lowest BCUT2D eigenvalue weighted by Gasteiger charge is -2.23. The van der Waals surface area contributed by atoms with Gasteiger partial charge in [-0.3, -0.25) is 4.90 Å². The first-order chi connectivity index (χ1) is 6.72. The number of hydrogen-bond donors (Lipinski definition) is 1. The predicted octanol–water partition coefficient (Wildman–Crippen LogP) is 0.751. The zero-order chi connectivity index (χ0) is 10.1. The lowest BCUT2D eigenvalue weighted by molar-refractivity contribution is 0.0684. The minimum atomic E-state index is -1.01. The van der Waals surface area contributed by atoms with E-state index >= 15 is 0 Å². The van der Waals surface area contributed by atoms with Crippen molar-refractivity contribution in [2.45, 2.75) is 19.9 Å². The molecule has 0 saturated carbocycles. The Bertz CT molecular complexity index is 359. The largest absolute Gasteiger partial charge is 0.476 e. The first-order valence-electron chi connectivity index (χ1n) is 4.65. The van der Waals surface area contributed by atoms with Crippen LogP contribution in [0.1, 0.15) is 28.7 Å². The summed E-state index contributed by atoms with van der Waals surface area (Å²) in [6, 6.07) is 0. The van der Waals surface area contributed by atoms with Crippen LogP contribution in [0.2, 0.25) is 0 Å². The van der Waals surface area contributed by atoms with Crippen molar-refractivity contribution >= 4 is 5.97 Å². The molecule has 0 atom stereocenters. The fraction of sp³-hybridized carbons (Fsp3) is 0.556. The first-order valence-corrected chi connectivity index (χ1v) is 4.65. The number of hydrogen-bond acceptors (Lipinski definition) is 4. The van der Waals surface area contributed by atoms with Crippen molar-refractivity contribution in [3.8, 4) is 0 Å². The molecule has 5 nitrogen and oxygen atoms in total. The summed E-state index contributed by atoms with van der Waals surface area (Å²) in [6.07, 6.45) is 0.753. The molecule has 0 aliphatic carbocycles. The van der Waals surface area contributed by atoms with E-state index in [1.165, 1.54) is 0 Å². The maximum atomic E-state index is 10.8. The number of likely N-dealkylation sites (N-methyl/N-ethyl adjacent to an activating group) is 1. The monoisotopic (exact) mass is 196 g/mol. The number of carbonyl (C=O) groups is 1. The Hall–Kier alpha value is -1.36. The number of aromatic carboxylic acids is 1. The third-order valence-corrected chi connectivity index (χ3v) is 2.56. The SMILES string of the molecule is CCN1CCc2onc(C(=O)O)c2C1. The van der Waals surface area contributed by atoms with Gasteiger partial charge in [0.2, 0.25) is 0 Å². The van der Waals surface area contributed by atoms with Gasteiger partial charge in [-0.25, -0.2) is 4.79 Å². The highest BCUT2D eigenvalue weighted by Crippen LogP contribution is 2.21. The standard InChI is InChI=1S/C9H12N2O3/c1-2-11-4-3-7-6(5-11)8(9(12)13)10-14-7/h2-5H2,1H3,(H,12,13). The molecule has 1 aliphatic rings. The van der Waals surface area contributed by atoms with Crippen molar-refractivity contribution in [1.82, 2.24) is 10.1 Å². The molecule has 2 rings (SSSR count). The summed E-state index contributed by atoms with van der Waals surface area (Å²) in [5, 5.41) is 12.4. The molecule has 1 aromatic heterocycles. The van der Waals surface area contributed by atoms with Gasteiger partial charge in [0.1, 0.15) is 5.76 Å². The first kappa shape index (κ1) is 9.21. The summed E-state index contributed by atoms with van der Waals surface area (Å²) < 4.78 is 4.98. The van der Waals surface area contributed by atoms with Crippen molar-refractivity contribution in [2.75, 3.05) is 13.1 Å². The molecular formula is C9H12N2O3. The van der Waals surface area contributed by atoms with Gasteiger partial charge in [-0.2, -0.15) is 0 Å². The molecular weight excluding hydrogens is 184 g/mol. The number of aromatic nitrogens is 1. The number of fused-ring (bicyclic) bond motifs is 1. The van der Waals surface area contributed by atoms with Gasteiger partial charge in [0, 0.05) is 25.1 Å². The van der Waals surface area contributed by atoms with Crippen molar-refractivity contribution in [3.63, 3.8) is 0 Å². The Morgan fingerprint density at radius 3 is 3.14 bits per heavy atom. The van der Waals surface area contributed by atoms with Crippen molar-refractivity contribution in [1.29, 1.82) is 0 Å². The highest BCUT2D eigenvalue weighted by atomic mass is 16.5. The quantitative estimate of drug-likeness (QED) is 0.756. The Morgan fingerprint density at radius 1 is 1.71 bits per heavy atom. The Kier molecular flexibility index (Phi) is 2.25. The smallest absolute Gasteiger partial charge is 0.358 e. The molecule has 0 fully saturated rings. The fourth-order valence-corrected chi connectivity index (χ4v) is 1.70. The van der Waals surface area contributed by atoms with Gasteiger partial charge < -0.3 is 9.63 Å². The van der Waals surface area contributed by atoms with Crippen LogP contribution in [0.5, 0.6) is 0 Å². The summed E-state index contributed by atoms with van der Waals surface area (Å²) >= 11 is 0. The molecule has 0 aromatic carbocycles. The second kappa shape index (κ2) is 3.42. The van der Waals surface area contributed by atoms with E-state index in [2.05, 4.69) is 17.0 Å². The zero-order valence-electron chi connectivity index (χ0n) is 7.99. The van der Waals surface area contributed by atoms with Gasteiger partial charge in [-0.15, -0.1) is 0 Å². The fourth-order valence-electron chi connectivity index (χ4n) is 1.70. The average Bonchev–Trinajstić information content (AvgIpc) is 2.59. The van der Waals surface area contributed by atoms with E-state index in [4.69, 9.17) is 9.63 Å². The van der Waals surface area contributed by atoms with Crippen molar-refractivity contribution in [3.05, 3.63) is 17.0 Å². The van der Waals surface area contributed by atoms with Crippen LogP contribution in [0.15, 0.2) is 4.52 Å². The normalized spacial score (nSPS) is 16.6. The molecule has 0 spiro atoms. The van der Waals surface area contributed by atoms with Crippen LogP contribution in [0.3, 0.4) is 0 Å². The lowest BCUT2D eigenvalue weighted by atomic mass is 10.1. The molecule has 0 radical (unpaired) electrons. The van der Waals surface area contributed by atoms with Crippen LogP contribution in [0, 0.1) is 0 Å². The topological polar surface area (TPSA) is 66.6 Å².